The lowest BCUT2D eigenvalue weighted by molar-refractivity contribution is -0.138. The van der Waals surface area contributed by atoms with Crippen molar-refractivity contribution in [2.24, 2.45) is 0 Å². The Morgan fingerprint density at radius 1 is 0.517 bits per heavy atom. The molecule has 0 radical (unpaired) electrons. The summed E-state index contributed by atoms with van der Waals surface area (Å²) in [6, 6.07) is 39.9. The molecule has 7 nitrogen and oxygen atoms in total. The number of carbonyl (C=O) groups excluding carboxylic acids is 4. The van der Waals surface area contributed by atoms with E-state index in [-0.39, 0.29) is 18.5 Å². The van der Waals surface area contributed by atoms with E-state index in [0.29, 0.717) is 13.2 Å². The van der Waals surface area contributed by atoms with E-state index in [1.807, 2.05) is 154 Å². The van der Waals surface area contributed by atoms with Crippen LogP contribution in [-0.2, 0) is 28.7 Å². The van der Waals surface area contributed by atoms with Crippen molar-refractivity contribution in [2.75, 3.05) is 19.8 Å². The van der Waals surface area contributed by atoms with Crippen LogP contribution in [-0.4, -0.2) is 49.4 Å². The van der Waals surface area contributed by atoms with Crippen molar-refractivity contribution in [3.8, 4) is 0 Å². The number of rotatable bonds is 14. The molecule has 0 aliphatic rings. The van der Waals surface area contributed by atoms with Crippen LogP contribution in [0.5, 0.6) is 0 Å². The van der Waals surface area contributed by atoms with E-state index in [4.69, 9.17) is 9.84 Å². The first-order valence-electron chi connectivity index (χ1n) is 19.4. The van der Waals surface area contributed by atoms with E-state index in [1.54, 1.807) is 39.0 Å². The van der Waals surface area contributed by atoms with E-state index >= 15 is 0 Å². The standard InChI is InChI=1S/C14H16O2.C12H14O.C12H12O.C10H10O.C5H8O2/c1-3-16-14(15)10-9-12(2)11-13-7-5-4-6-8-13;2*1-11(6-5-9-13)10-12-7-3-2-4-8-12;1-9(8-11)7-10-5-3-2-4-6-10;1-3-5(6)7-4-2/h4-11H,3H2,1-2H3;2-8,10,13H,9H2,1H3;2-10H,1H3;2-8H,1H3;3H,1,4H2,2H3/b10-9+,12-11+;2*6-5+,11-10+;9-7+;. The van der Waals surface area contributed by atoms with Crippen molar-refractivity contribution in [2.45, 2.75) is 41.5 Å². The van der Waals surface area contributed by atoms with Crippen molar-refractivity contribution >= 4 is 48.8 Å². The molecule has 7 heteroatoms. The van der Waals surface area contributed by atoms with Crippen LogP contribution in [0.1, 0.15) is 63.8 Å². The SMILES string of the molecule is C/C(C=O)=C\c1ccccc1.C=CC(=O)OCC.CC(/C=C/C=O)=C\c1ccccc1.CC(/C=C/CO)=C\c1ccccc1.CCOC(=O)/C=C/C(C)=C/c1ccccc1. The molecule has 0 atom stereocenters. The van der Waals surface area contributed by atoms with Gasteiger partial charge in [-0.25, -0.2) is 9.59 Å². The van der Waals surface area contributed by atoms with Gasteiger partial charge in [-0.2, -0.15) is 0 Å². The molecule has 4 rings (SSSR count). The van der Waals surface area contributed by atoms with Gasteiger partial charge in [0.25, 0.3) is 0 Å². The number of hydrogen-bond donors (Lipinski definition) is 1. The maximum atomic E-state index is 11.1. The summed E-state index contributed by atoms with van der Waals surface area (Å²) in [5.41, 5.74) is 8.48. The zero-order chi connectivity index (χ0) is 44.6. The van der Waals surface area contributed by atoms with Crippen LogP contribution in [0.2, 0.25) is 0 Å². The summed E-state index contributed by atoms with van der Waals surface area (Å²) in [5, 5.41) is 8.57. The van der Waals surface area contributed by atoms with Gasteiger partial charge in [-0.3, -0.25) is 9.59 Å². The second kappa shape index (κ2) is 36.4. The summed E-state index contributed by atoms with van der Waals surface area (Å²) in [5.74, 6) is -0.661. The third-order valence-electron chi connectivity index (χ3n) is 7.11. The zero-order valence-corrected chi connectivity index (χ0v) is 35.8. The third-order valence-corrected chi connectivity index (χ3v) is 7.11. The molecule has 0 aromatic heterocycles. The Morgan fingerprint density at radius 2 is 0.867 bits per heavy atom. The average Bonchev–Trinajstić information content (AvgIpc) is 3.26. The maximum absolute atomic E-state index is 11.1. The molecule has 0 fully saturated rings. The number of ether oxygens (including phenoxy) is 2. The Morgan fingerprint density at radius 3 is 1.18 bits per heavy atom. The van der Waals surface area contributed by atoms with Crippen LogP contribution in [0.3, 0.4) is 0 Å². The molecule has 0 saturated heterocycles. The molecular weight excluding hydrogens is 749 g/mol. The van der Waals surface area contributed by atoms with Crippen molar-refractivity contribution in [3.63, 3.8) is 0 Å². The molecule has 0 amide bonds. The maximum Gasteiger partial charge on any atom is 0.330 e. The number of aldehydes is 2. The van der Waals surface area contributed by atoms with Crippen LogP contribution in [0.25, 0.3) is 24.3 Å². The van der Waals surface area contributed by atoms with Gasteiger partial charge in [-0.05, 0) is 81.5 Å². The lowest BCUT2D eigenvalue weighted by Crippen LogP contribution is -1.98. The lowest BCUT2D eigenvalue weighted by Gasteiger charge is -1.96. The summed E-state index contributed by atoms with van der Waals surface area (Å²) < 4.78 is 9.22. The molecule has 0 unspecified atom stereocenters. The van der Waals surface area contributed by atoms with E-state index in [2.05, 4.69) is 29.5 Å². The van der Waals surface area contributed by atoms with E-state index in [9.17, 15) is 19.2 Å². The minimum atomic E-state index is -0.359. The van der Waals surface area contributed by atoms with Gasteiger partial charge < -0.3 is 14.6 Å². The Balaban J connectivity index is 0.000000740. The second-order valence-corrected chi connectivity index (χ2v) is 12.4. The highest BCUT2D eigenvalue weighted by atomic mass is 16.5. The first-order valence-corrected chi connectivity index (χ1v) is 19.4. The fourth-order valence-electron chi connectivity index (χ4n) is 4.45. The van der Waals surface area contributed by atoms with Crippen LogP contribution in [0.15, 0.2) is 193 Å². The Kier molecular flexibility index (Phi) is 32.2. The minimum absolute atomic E-state index is 0.0972. The van der Waals surface area contributed by atoms with Crippen molar-refractivity contribution in [1.82, 2.24) is 0 Å². The van der Waals surface area contributed by atoms with Crippen molar-refractivity contribution in [1.29, 1.82) is 0 Å². The van der Waals surface area contributed by atoms with Gasteiger partial charge in [0.2, 0.25) is 0 Å². The highest BCUT2D eigenvalue weighted by Crippen LogP contribution is 2.09. The molecular formula is C53H60O7. The molecule has 1 N–H and O–H groups in total. The van der Waals surface area contributed by atoms with Crippen LogP contribution >= 0.6 is 0 Å². The highest BCUT2D eigenvalue weighted by molar-refractivity contribution is 5.83. The quantitative estimate of drug-likeness (QED) is 0.0585. The molecule has 4 aromatic carbocycles. The number of allylic oxidation sites excluding steroid dienone is 8. The van der Waals surface area contributed by atoms with Gasteiger partial charge in [0.1, 0.15) is 12.6 Å². The molecule has 0 aliphatic heterocycles. The smallest absolute Gasteiger partial charge is 0.330 e. The Hall–Kier alpha value is -6.96. The predicted molar refractivity (Wildman–Crippen MR) is 250 cm³/mol. The molecule has 60 heavy (non-hydrogen) atoms. The van der Waals surface area contributed by atoms with Crippen LogP contribution in [0, 0.1) is 0 Å². The van der Waals surface area contributed by atoms with Crippen LogP contribution in [0.4, 0.5) is 0 Å². The number of aliphatic hydroxyl groups excluding tert-OH is 1. The molecule has 0 aliphatic carbocycles. The van der Waals surface area contributed by atoms with Crippen molar-refractivity contribution in [3.05, 3.63) is 215 Å². The first kappa shape index (κ1) is 53.0. The van der Waals surface area contributed by atoms with E-state index < -0.39 is 0 Å². The minimum Gasteiger partial charge on any atom is -0.463 e. The average molecular weight is 809 g/mol. The van der Waals surface area contributed by atoms with E-state index in [1.165, 1.54) is 17.7 Å². The normalized spacial score (nSPS) is 11.3. The molecule has 0 bridgehead atoms. The number of esters is 2. The van der Waals surface area contributed by atoms with Crippen molar-refractivity contribution < 1.29 is 33.8 Å². The monoisotopic (exact) mass is 808 g/mol. The summed E-state index contributed by atoms with van der Waals surface area (Å²) in [6.45, 7) is 15.4. The summed E-state index contributed by atoms with van der Waals surface area (Å²) in [7, 11) is 0. The fourth-order valence-corrected chi connectivity index (χ4v) is 4.45. The van der Waals surface area contributed by atoms with Gasteiger partial charge in [-0.15, -0.1) is 0 Å². The molecule has 0 heterocycles. The van der Waals surface area contributed by atoms with Gasteiger partial charge in [0.05, 0.1) is 19.8 Å². The van der Waals surface area contributed by atoms with E-state index in [0.717, 1.165) is 57.6 Å². The fraction of sp³-hybridized carbons (Fsp3) is 0.170. The highest BCUT2D eigenvalue weighted by Gasteiger charge is 1.93. The zero-order valence-electron chi connectivity index (χ0n) is 35.8. The largest absolute Gasteiger partial charge is 0.463 e. The number of carbonyl (C=O) groups is 4. The van der Waals surface area contributed by atoms with Gasteiger partial charge in [-0.1, -0.05) is 187 Å². The summed E-state index contributed by atoms with van der Waals surface area (Å²) >= 11 is 0. The Bertz CT molecular complexity index is 2000. The number of benzene rings is 4. The third kappa shape index (κ3) is 31.2. The predicted octanol–water partition coefficient (Wildman–Crippen LogP) is 11.7. The van der Waals surface area contributed by atoms with Gasteiger partial charge >= 0.3 is 11.9 Å². The molecule has 314 valence electrons. The van der Waals surface area contributed by atoms with Gasteiger partial charge in [0, 0.05) is 12.2 Å². The molecule has 0 saturated carbocycles. The molecule has 0 spiro atoms. The lowest BCUT2D eigenvalue weighted by atomic mass is 10.1. The topological polar surface area (TPSA) is 107 Å². The second-order valence-electron chi connectivity index (χ2n) is 12.4. The summed E-state index contributed by atoms with van der Waals surface area (Å²) in [4.78, 5) is 41.4. The summed E-state index contributed by atoms with van der Waals surface area (Å²) in [6.07, 6.45) is 20.9. The van der Waals surface area contributed by atoms with Gasteiger partial charge in [0.15, 0.2) is 0 Å². The number of hydrogen-bond acceptors (Lipinski definition) is 7. The first-order chi connectivity index (χ1) is 29.0. The number of aliphatic hydroxyl groups is 1. The molecule has 4 aromatic rings. The van der Waals surface area contributed by atoms with Crippen LogP contribution < -0.4 is 0 Å². The Labute approximate surface area is 357 Å².